The third-order valence-corrected chi connectivity index (χ3v) is 3.74. The van der Waals surface area contributed by atoms with Gasteiger partial charge in [0.25, 0.3) is 5.91 Å². The Morgan fingerprint density at radius 3 is 2.32 bits per heavy atom. The summed E-state index contributed by atoms with van der Waals surface area (Å²) in [4.78, 5) is 23.6. The zero-order chi connectivity index (χ0) is 15.1. The van der Waals surface area contributed by atoms with Crippen LogP contribution in [0.25, 0.3) is 0 Å². The topological polar surface area (TPSA) is 84.2 Å². The van der Waals surface area contributed by atoms with E-state index < -0.39 is 0 Å². The van der Waals surface area contributed by atoms with Crippen LogP contribution >= 0.6 is 12.4 Å². The molecule has 5 nitrogen and oxygen atoms in total. The SMILES string of the molecule is Cl.NCCC(=O)Nc1ccc(C(=O)NC2CCCCC2)cc1. The van der Waals surface area contributed by atoms with Crippen molar-refractivity contribution < 1.29 is 9.59 Å². The third kappa shape index (κ3) is 5.66. The summed E-state index contributed by atoms with van der Waals surface area (Å²) in [5.74, 6) is -0.154. The maximum atomic E-state index is 12.1. The first-order valence-electron chi connectivity index (χ1n) is 7.60. The average molecular weight is 326 g/mol. The van der Waals surface area contributed by atoms with Crippen LogP contribution in [0.15, 0.2) is 24.3 Å². The molecule has 0 aliphatic heterocycles. The van der Waals surface area contributed by atoms with Crippen molar-refractivity contribution in [1.29, 1.82) is 0 Å². The fourth-order valence-corrected chi connectivity index (χ4v) is 2.58. The fourth-order valence-electron chi connectivity index (χ4n) is 2.58. The highest BCUT2D eigenvalue weighted by atomic mass is 35.5. The Bertz CT molecular complexity index is 485. The predicted molar refractivity (Wildman–Crippen MR) is 90.3 cm³/mol. The van der Waals surface area contributed by atoms with E-state index in [0.717, 1.165) is 12.8 Å². The standard InChI is InChI=1S/C16H23N3O2.ClH/c17-11-10-15(20)18-14-8-6-12(7-9-14)16(21)19-13-4-2-1-3-5-13;/h6-9,13H,1-5,10-11,17H2,(H,18,20)(H,19,21);1H. The second kappa shape index (κ2) is 9.43. The molecule has 122 valence electrons. The minimum absolute atomic E-state index is 0. The van der Waals surface area contributed by atoms with Crippen molar-refractivity contribution in [1.82, 2.24) is 5.32 Å². The number of carbonyl (C=O) groups is 2. The molecule has 1 aromatic carbocycles. The smallest absolute Gasteiger partial charge is 0.251 e. The molecule has 22 heavy (non-hydrogen) atoms. The van der Waals surface area contributed by atoms with Gasteiger partial charge in [0.15, 0.2) is 0 Å². The summed E-state index contributed by atoms with van der Waals surface area (Å²) in [5.41, 5.74) is 6.63. The van der Waals surface area contributed by atoms with Crippen LogP contribution in [0.2, 0.25) is 0 Å². The number of anilines is 1. The second-order valence-corrected chi connectivity index (χ2v) is 5.47. The van der Waals surface area contributed by atoms with Gasteiger partial charge < -0.3 is 16.4 Å². The number of rotatable bonds is 5. The van der Waals surface area contributed by atoms with Crippen molar-refractivity contribution in [3.8, 4) is 0 Å². The molecular formula is C16H24ClN3O2. The summed E-state index contributed by atoms with van der Waals surface area (Å²) >= 11 is 0. The normalized spacial score (nSPS) is 14.8. The Kier molecular flexibility index (Phi) is 7.91. The van der Waals surface area contributed by atoms with Gasteiger partial charge in [0.05, 0.1) is 0 Å². The molecule has 0 atom stereocenters. The molecule has 0 bridgehead atoms. The van der Waals surface area contributed by atoms with Gasteiger partial charge in [-0.3, -0.25) is 9.59 Å². The quantitative estimate of drug-likeness (QED) is 0.777. The molecule has 1 saturated carbocycles. The molecule has 1 aromatic rings. The highest BCUT2D eigenvalue weighted by Crippen LogP contribution is 2.18. The summed E-state index contributed by atoms with van der Waals surface area (Å²) in [6.45, 7) is 0.327. The Labute approximate surface area is 137 Å². The number of benzene rings is 1. The lowest BCUT2D eigenvalue weighted by Gasteiger charge is -2.22. The largest absolute Gasteiger partial charge is 0.349 e. The van der Waals surface area contributed by atoms with E-state index in [0.29, 0.717) is 30.3 Å². The summed E-state index contributed by atoms with van der Waals surface area (Å²) in [6, 6.07) is 7.25. The van der Waals surface area contributed by atoms with Crippen molar-refractivity contribution in [3.05, 3.63) is 29.8 Å². The lowest BCUT2D eigenvalue weighted by atomic mass is 9.95. The van der Waals surface area contributed by atoms with Gasteiger partial charge in [-0.2, -0.15) is 0 Å². The van der Waals surface area contributed by atoms with Crippen molar-refractivity contribution in [3.63, 3.8) is 0 Å². The maximum Gasteiger partial charge on any atom is 0.251 e. The van der Waals surface area contributed by atoms with Crippen LogP contribution in [-0.4, -0.2) is 24.4 Å². The molecule has 6 heteroatoms. The molecule has 0 aromatic heterocycles. The monoisotopic (exact) mass is 325 g/mol. The van der Waals surface area contributed by atoms with Crippen LogP contribution in [0.3, 0.4) is 0 Å². The third-order valence-electron chi connectivity index (χ3n) is 3.74. The van der Waals surface area contributed by atoms with Crippen LogP contribution in [0, 0.1) is 0 Å². The minimum atomic E-state index is -0.114. The Hall–Kier alpha value is -1.59. The Morgan fingerprint density at radius 2 is 1.73 bits per heavy atom. The first-order valence-corrected chi connectivity index (χ1v) is 7.60. The number of nitrogens with one attached hydrogen (secondary N) is 2. The number of nitrogens with two attached hydrogens (primary N) is 1. The van der Waals surface area contributed by atoms with E-state index in [-0.39, 0.29) is 24.2 Å². The van der Waals surface area contributed by atoms with E-state index in [1.54, 1.807) is 24.3 Å². The lowest BCUT2D eigenvalue weighted by Crippen LogP contribution is -2.36. The molecule has 0 saturated heterocycles. The van der Waals surface area contributed by atoms with Gasteiger partial charge in [0, 0.05) is 30.3 Å². The van der Waals surface area contributed by atoms with Crippen LogP contribution in [0.5, 0.6) is 0 Å². The molecule has 0 heterocycles. The van der Waals surface area contributed by atoms with Gasteiger partial charge in [-0.1, -0.05) is 19.3 Å². The number of carbonyl (C=O) groups excluding carboxylic acids is 2. The number of amides is 2. The number of hydrogen-bond acceptors (Lipinski definition) is 3. The lowest BCUT2D eigenvalue weighted by molar-refractivity contribution is -0.116. The summed E-state index contributed by atoms with van der Waals surface area (Å²) in [6.07, 6.45) is 6.08. The summed E-state index contributed by atoms with van der Waals surface area (Å²) in [5, 5.41) is 5.81. The van der Waals surface area contributed by atoms with E-state index in [2.05, 4.69) is 10.6 Å². The first kappa shape index (κ1) is 18.5. The predicted octanol–water partition coefficient (Wildman–Crippen LogP) is 2.46. The number of halogens is 1. The zero-order valence-electron chi connectivity index (χ0n) is 12.6. The van der Waals surface area contributed by atoms with Crippen molar-refractivity contribution >= 4 is 29.9 Å². The molecule has 1 aliphatic carbocycles. The van der Waals surface area contributed by atoms with Gasteiger partial charge in [-0.15, -0.1) is 12.4 Å². The Morgan fingerprint density at radius 1 is 1.09 bits per heavy atom. The second-order valence-electron chi connectivity index (χ2n) is 5.47. The van der Waals surface area contributed by atoms with E-state index in [1.807, 2.05) is 0 Å². The van der Waals surface area contributed by atoms with Gasteiger partial charge in [-0.05, 0) is 37.1 Å². The molecule has 0 radical (unpaired) electrons. The van der Waals surface area contributed by atoms with Gasteiger partial charge in [0.1, 0.15) is 0 Å². The Balaban J connectivity index is 0.00000242. The van der Waals surface area contributed by atoms with Gasteiger partial charge in [-0.25, -0.2) is 0 Å². The van der Waals surface area contributed by atoms with E-state index in [4.69, 9.17) is 5.73 Å². The fraction of sp³-hybridized carbons (Fsp3) is 0.500. The first-order chi connectivity index (χ1) is 10.2. The molecule has 0 spiro atoms. The highest BCUT2D eigenvalue weighted by molar-refractivity contribution is 5.96. The zero-order valence-corrected chi connectivity index (χ0v) is 13.5. The van der Waals surface area contributed by atoms with E-state index >= 15 is 0 Å². The van der Waals surface area contributed by atoms with Crippen molar-refractivity contribution in [2.75, 3.05) is 11.9 Å². The molecular weight excluding hydrogens is 302 g/mol. The van der Waals surface area contributed by atoms with Crippen LogP contribution in [0.4, 0.5) is 5.69 Å². The number of hydrogen-bond donors (Lipinski definition) is 3. The van der Waals surface area contributed by atoms with Crippen LogP contribution in [0.1, 0.15) is 48.9 Å². The molecule has 0 unspecified atom stereocenters. The summed E-state index contributed by atoms with van der Waals surface area (Å²) < 4.78 is 0. The molecule has 1 fully saturated rings. The molecule has 1 aliphatic rings. The van der Waals surface area contributed by atoms with Gasteiger partial charge in [0.2, 0.25) is 5.91 Å². The van der Waals surface area contributed by atoms with Crippen molar-refractivity contribution in [2.45, 2.75) is 44.6 Å². The minimum Gasteiger partial charge on any atom is -0.349 e. The molecule has 2 amide bonds. The van der Waals surface area contributed by atoms with E-state index in [1.165, 1.54) is 19.3 Å². The van der Waals surface area contributed by atoms with Crippen LogP contribution in [-0.2, 0) is 4.79 Å². The molecule has 2 rings (SSSR count). The van der Waals surface area contributed by atoms with Crippen molar-refractivity contribution in [2.24, 2.45) is 5.73 Å². The van der Waals surface area contributed by atoms with Crippen LogP contribution < -0.4 is 16.4 Å². The van der Waals surface area contributed by atoms with E-state index in [9.17, 15) is 9.59 Å². The summed E-state index contributed by atoms with van der Waals surface area (Å²) in [7, 11) is 0. The highest BCUT2D eigenvalue weighted by Gasteiger charge is 2.16. The molecule has 4 N–H and O–H groups in total. The average Bonchev–Trinajstić information content (AvgIpc) is 2.49. The van der Waals surface area contributed by atoms with Gasteiger partial charge >= 0.3 is 0 Å². The maximum absolute atomic E-state index is 12.1.